The van der Waals surface area contributed by atoms with Gasteiger partial charge < -0.3 is 10.6 Å². The topological polar surface area (TPSA) is 55.0 Å². The molecule has 0 spiro atoms. The first-order chi connectivity index (χ1) is 9.36. The van der Waals surface area contributed by atoms with Gasteiger partial charge in [0.05, 0.1) is 11.9 Å². The van der Waals surface area contributed by atoms with Crippen LogP contribution in [0.25, 0.3) is 0 Å². The van der Waals surface area contributed by atoms with E-state index in [1.807, 2.05) is 6.20 Å². The Balaban J connectivity index is 1.81. The maximum atomic E-state index is 5.63. The molecule has 0 radical (unpaired) electrons. The van der Waals surface area contributed by atoms with Gasteiger partial charge >= 0.3 is 0 Å². The third kappa shape index (κ3) is 2.58. The number of nitrogens with two attached hydrogens (primary N) is 1. The normalized spacial score (nSPS) is 14.9. The smallest absolute Gasteiger partial charge is 0.147 e. The molecular weight excluding hydrogens is 236 g/mol. The Morgan fingerprint density at radius 3 is 2.37 bits per heavy atom. The van der Waals surface area contributed by atoms with E-state index in [0.29, 0.717) is 6.54 Å². The van der Waals surface area contributed by atoms with Crippen molar-refractivity contribution in [2.45, 2.75) is 19.4 Å². The fraction of sp³-hybridized carbons (Fsp3) is 0.333. The van der Waals surface area contributed by atoms with Crippen LogP contribution >= 0.6 is 0 Å². The van der Waals surface area contributed by atoms with E-state index >= 15 is 0 Å². The van der Waals surface area contributed by atoms with Crippen LogP contribution in [-0.4, -0.2) is 23.1 Å². The molecule has 19 heavy (non-hydrogen) atoms. The van der Waals surface area contributed by atoms with Gasteiger partial charge in [-0.05, 0) is 24.0 Å². The predicted molar refractivity (Wildman–Crippen MR) is 76.0 cm³/mol. The van der Waals surface area contributed by atoms with Gasteiger partial charge in [-0.3, -0.25) is 4.98 Å². The Morgan fingerprint density at radius 2 is 1.74 bits per heavy atom. The monoisotopic (exact) mass is 254 g/mol. The van der Waals surface area contributed by atoms with E-state index in [1.54, 1.807) is 6.20 Å². The lowest BCUT2D eigenvalue weighted by molar-refractivity contribution is 0.779. The highest BCUT2D eigenvalue weighted by Gasteiger charge is 2.15. The molecule has 98 valence electrons. The SMILES string of the molecule is NCc1cncc(N2CCc3ccccc3CC2)n1. The molecule has 2 N–H and O–H groups in total. The van der Waals surface area contributed by atoms with Crippen LogP contribution in [0.4, 0.5) is 5.82 Å². The average Bonchev–Trinajstić information content (AvgIpc) is 2.70. The Bertz CT molecular complexity index is 541. The molecule has 1 aromatic carbocycles. The van der Waals surface area contributed by atoms with Crippen molar-refractivity contribution in [2.75, 3.05) is 18.0 Å². The first-order valence-corrected chi connectivity index (χ1v) is 6.69. The highest BCUT2D eigenvalue weighted by atomic mass is 15.2. The first-order valence-electron chi connectivity index (χ1n) is 6.69. The van der Waals surface area contributed by atoms with Crippen molar-refractivity contribution in [1.29, 1.82) is 0 Å². The van der Waals surface area contributed by atoms with Gasteiger partial charge in [-0.15, -0.1) is 0 Å². The summed E-state index contributed by atoms with van der Waals surface area (Å²) < 4.78 is 0. The molecule has 0 bridgehead atoms. The molecule has 0 unspecified atom stereocenters. The van der Waals surface area contributed by atoms with Gasteiger partial charge in [0.1, 0.15) is 5.82 Å². The largest absolute Gasteiger partial charge is 0.355 e. The van der Waals surface area contributed by atoms with Crippen LogP contribution in [0, 0.1) is 0 Å². The molecule has 1 aromatic heterocycles. The van der Waals surface area contributed by atoms with Gasteiger partial charge in [-0.2, -0.15) is 0 Å². The zero-order valence-electron chi connectivity index (χ0n) is 10.9. The molecule has 2 aromatic rings. The summed E-state index contributed by atoms with van der Waals surface area (Å²) in [5, 5.41) is 0. The molecule has 0 atom stereocenters. The highest BCUT2D eigenvalue weighted by Crippen LogP contribution is 2.19. The molecule has 2 heterocycles. The molecule has 0 saturated heterocycles. The molecule has 1 aliphatic rings. The Kier molecular flexibility index (Phi) is 3.42. The van der Waals surface area contributed by atoms with Crippen molar-refractivity contribution in [3.8, 4) is 0 Å². The van der Waals surface area contributed by atoms with Crippen molar-refractivity contribution in [3.63, 3.8) is 0 Å². The van der Waals surface area contributed by atoms with Crippen molar-refractivity contribution in [3.05, 3.63) is 53.5 Å². The lowest BCUT2D eigenvalue weighted by Crippen LogP contribution is -2.27. The lowest BCUT2D eigenvalue weighted by atomic mass is 10.0. The van der Waals surface area contributed by atoms with E-state index in [-0.39, 0.29) is 0 Å². The van der Waals surface area contributed by atoms with Crippen LogP contribution in [0.1, 0.15) is 16.8 Å². The van der Waals surface area contributed by atoms with Gasteiger partial charge in [0.2, 0.25) is 0 Å². The van der Waals surface area contributed by atoms with Crippen LogP contribution in [0.2, 0.25) is 0 Å². The summed E-state index contributed by atoms with van der Waals surface area (Å²) in [6.45, 7) is 2.41. The first kappa shape index (κ1) is 12.1. The number of rotatable bonds is 2. The summed E-state index contributed by atoms with van der Waals surface area (Å²) >= 11 is 0. The minimum absolute atomic E-state index is 0.439. The van der Waals surface area contributed by atoms with E-state index < -0.39 is 0 Å². The van der Waals surface area contributed by atoms with Gasteiger partial charge in [0, 0.05) is 25.8 Å². The van der Waals surface area contributed by atoms with Gasteiger partial charge in [0.15, 0.2) is 0 Å². The molecule has 1 aliphatic heterocycles. The van der Waals surface area contributed by atoms with E-state index in [9.17, 15) is 0 Å². The van der Waals surface area contributed by atoms with Crippen molar-refractivity contribution >= 4 is 5.82 Å². The van der Waals surface area contributed by atoms with E-state index in [0.717, 1.165) is 37.4 Å². The van der Waals surface area contributed by atoms with Crippen LogP contribution < -0.4 is 10.6 Å². The molecule has 4 heteroatoms. The van der Waals surface area contributed by atoms with Crippen molar-refractivity contribution in [2.24, 2.45) is 5.73 Å². The van der Waals surface area contributed by atoms with Crippen LogP contribution in [0.5, 0.6) is 0 Å². The number of nitrogens with zero attached hydrogens (tertiary/aromatic N) is 3. The minimum Gasteiger partial charge on any atom is -0.355 e. The second-order valence-corrected chi connectivity index (χ2v) is 4.83. The minimum atomic E-state index is 0.439. The summed E-state index contributed by atoms with van der Waals surface area (Å²) in [7, 11) is 0. The van der Waals surface area contributed by atoms with Crippen LogP contribution in [-0.2, 0) is 19.4 Å². The highest BCUT2D eigenvalue weighted by molar-refractivity contribution is 5.40. The third-order valence-corrected chi connectivity index (χ3v) is 3.63. The number of hydrogen-bond acceptors (Lipinski definition) is 4. The number of benzene rings is 1. The van der Waals surface area contributed by atoms with Crippen LogP contribution in [0.15, 0.2) is 36.7 Å². The molecule has 4 nitrogen and oxygen atoms in total. The fourth-order valence-corrected chi connectivity index (χ4v) is 2.54. The number of fused-ring (bicyclic) bond motifs is 1. The number of anilines is 1. The summed E-state index contributed by atoms with van der Waals surface area (Å²) in [6.07, 6.45) is 5.68. The lowest BCUT2D eigenvalue weighted by Gasteiger charge is -2.21. The van der Waals surface area contributed by atoms with E-state index in [4.69, 9.17) is 5.73 Å². The maximum absolute atomic E-state index is 5.63. The Morgan fingerprint density at radius 1 is 1.05 bits per heavy atom. The zero-order chi connectivity index (χ0) is 13.1. The second kappa shape index (κ2) is 5.36. The predicted octanol–water partition coefficient (Wildman–Crippen LogP) is 1.54. The average molecular weight is 254 g/mol. The van der Waals surface area contributed by atoms with E-state index in [2.05, 4.69) is 39.1 Å². The zero-order valence-corrected chi connectivity index (χ0v) is 10.9. The summed E-state index contributed by atoms with van der Waals surface area (Å²) in [4.78, 5) is 11.1. The maximum Gasteiger partial charge on any atom is 0.147 e. The Labute approximate surface area is 113 Å². The summed E-state index contributed by atoms with van der Waals surface area (Å²) in [5.41, 5.74) is 9.38. The third-order valence-electron chi connectivity index (χ3n) is 3.63. The van der Waals surface area contributed by atoms with Gasteiger partial charge in [-0.25, -0.2) is 4.98 Å². The summed E-state index contributed by atoms with van der Waals surface area (Å²) in [5.74, 6) is 0.941. The molecule has 0 saturated carbocycles. The van der Waals surface area contributed by atoms with E-state index in [1.165, 1.54) is 11.1 Å². The molecule has 3 rings (SSSR count). The van der Waals surface area contributed by atoms with Crippen molar-refractivity contribution in [1.82, 2.24) is 9.97 Å². The number of aromatic nitrogens is 2. The molecule has 0 amide bonds. The standard InChI is InChI=1S/C15H18N4/c16-9-14-10-17-11-15(18-14)19-7-5-12-3-1-2-4-13(12)6-8-19/h1-4,10-11H,5-9,16H2. The van der Waals surface area contributed by atoms with Crippen LogP contribution in [0.3, 0.4) is 0 Å². The number of hydrogen-bond donors (Lipinski definition) is 1. The molecular formula is C15H18N4. The fourth-order valence-electron chi connectivity index (χ4n) is 2.54. The van der Waals surface area contributed by atoms with Gasteiger partial charge in [0.25, 0.3) is 0 Å². The molecule has 0 aliphatic carbocycles. The quantitative estimate of drug-likeness (QED) is 0.883. The summed E-state index contributed by atoms with van der Waals surface area (Å²) in [6, 6.07) is 8.67. The second-order valence-electron chi connectivity index (χ2n) is 4.83. The molecule has 0 fully saturated rings. The van der Waals surface area contributed by atoms with Crippen molar-refractivity contribution < 1.29 is 0 Å². The van der Waals surface area contributed by atoms with Gasteiger partial charge in [-0.1, -0.05) is 24.3 Å². The Hall–Kier alpha value is -1.94.